The lowest BCUT2D eigenvalue weighted by Crippen LogP contribution is -2.54. The molecule has 1 aliphatic rings. The third kappa shape index (κ3) is 3.85. The Morgan fingerprint density at radius 2 is 2.42 bits per heavy atom. The first-order valence-electron chi connectivity index (χ1n) is 6.26. The molecule has 0 aromatic carbocycles. The molecule has 0 spiro atoms. The van der Waals surface area contributed by atoms with Crippen LogP contribution in [0, 0.1) is 0 Å². The summed E-state index contributed by atoms with van der Waals surface area (Å²) in [6.45, 7) is 6.20. The second-order valence-electron chi connectivity index (χ2n) is 4.76. The van der Waals surface area contributed by atoms with Crippen LogP contribution < -0.4 is 11.1 Å². The van der Waals surface area contributed by atoms with Crippen LogP contribution >= 0.6 is 11.3 Å². The molecule has 2 heterocycles. The van der Waals surface area contributed by atoms with Gasteiger partial charge < -0.3 is 15.8 Å². The number of amides is 1. The zero-order chi connectivity index (χ0) is 13.8. The summed E-state index contributed by atoms with van der Waals surface area (Å²) >= 11 is 1.35. The molecule has 8 heteroatoms. The van der Waals surface area contributed by atoms with Gasteiger partial charge in [-0.3, -0.25) is 9.69 Å². The van der Waals surface area contributed by atoms with Crippen LogP contribution in [0.15, 0.2) is 0 Å². The Hall–Kier alpha value is -1.25. The van der Waals surface area contributed by atoms with Crippen molar-refractivity contribution in [1.29, 1.82) is 0 Å². The number of morpholine rings is 1. The predicted octanol–water partition coefficient (Wildman–Crippen LogP) is -0.154. The van der Waals surface area contributed by atoms with Crippen molar-refractivity contribution in [2.45, 2.75) is 32.5 Å². The largest absolute Gasteiger partial charge is 0.378 e. The third-order valence-corrected chi connectivity index (χ3v) is 3.53. The van der Waals surface area contributed by atoms with Crippen molar-refractivity contribution in [1.82, 2.24) is 20.4 Å². The van der Waals surface area contributed by atoms with Crippen LogP contribution in [0.1, 0.15) is 18.9 Å². The maximum absolute atomic E-state index is 12.1. The van der Waals surface area contributed by atoms with Gasteiger partial charge >= 0.3 is 0 Å². The molecule has 0 saturated carbocycles. The van der Waals surface area contributed by atoms with E-state index < -0.39 is 0 Å². The van der Waals surface area contributed by atoms with E-state index in [1.165, 1.54) is 11.3 Å². The van der Waals surface area contributed by atoms with Crippen molar-refractivity contribution in [2.24, 2.45) is 0 Å². The zero-order valence-corrected chi connectivity index (χ0v) is 11.9. The minimum Gasteiger partial charge on any atom is -0.378 e. The highest BCUT2D eigenvalue weighted by atomic mass is 32.1. The zero-order valence-electron chi connectivity index (χ0n) is 11.1. The van der Waals surface area contributed by atoms with E-state index in [1.54, 1.807) is 0 Å². The van der Waals surface area contributed by atoms with E-state index in [1.807, 2.05) is 13.8 Å². The van der Waals surface area contributed by atoms with E-state index in [2.05, 4.69) is 20.4 Å². The lowest BCUT2D eigenvalue weighted by molar-refractivity contribution is -0.133. The van der Waals surface area contributed by atoms with E-state index in [0.29, 0.717) is 31.4 Å². The molecule has 3 N–H and O–H groups in total. The molecule has 1 unspecified atom stereocenters. The van der Waals surface area contributed by atoms with Crippen molar-refractivity contribution >= 4 is 22.4 Å². The number of carbonyl (C=O) groups is 1. The Labute approximate surface area is 116 Å². The Morgan fingerprint density at radius 3 is 3.05 bits per heavy atom. The van der Waals surface area contributed by atoms with E-state index >= 15 is 0 Å². The molecule has 1 saturated heterocycles. The van der Waals surface area contributed by atoms with Crippen LogP contribution in [-0.4, -0.2) is 52.8 Å². The van der Waals surface area contributed by atoms with Crippen LogP contribution in [0.2, 0.25) is 0 Å². The summed E-state index contributed by atoms with van der Waals surface area (Å²) in [7, 11) is 0. The number of hydrogen-bond acceptors (Lipinski definition) is 7. The van der Waals surface area contributed by atoms with Crippen LogP contribution in [0.5, 0.6) is 0 Å². The molecular formula is C11H19N5O2S. The number of anilines is 1. The number of ether oxygens (including phenoxy) is 1. The summed E-state index contributed by atoms with van der Waals surface area (Å²) < 4.78 is 5.40. The quantitative estimate of drug-likeness (QED) is 0.799. The van der Waals surface area contributed by atoms with Crippen molar-refractivity contribution in [3.8, 4) is 0 Å². The van der Waals surface area contributed by atoms with Gasteiger partial charge in [0.15, 0.2) is 0 Å². The number of hydrogen-bond donors (Lipinski definition) is 2. The monoisotopic (exact) mass is 285 g/mol. The molecule has 0 radical (unpaired) electrons. The summed E-state index contributed by atoms with van der Waals surface area (Å²) in [5.41, 5.74) is 5.57. The van der Waals surface area contributed by atoms with Gasteiger partial charge in [0.25, 0.3) is 0 Å². The summed E-state index contributed by atoms with van der Waals surface area (Å²) in [4.78, 5) is 14.2. The average Bonchev–Trinajstić information content (AvgIpc) is 2.74. The molecular weight excluding hydrogens is 266 g/mol. The average molecular weight is 285 g/mol. The Balaban J connectivity index is 2.01. The summed E-state index contributed by atoms with van der Waals surface area (Å²) in [6.07, 6.45) is 0. The van der Waals surface area contributed by atoms with Gasteiger partial charge in [-0.05, 0) is 13.8 Å². The molecule has 7 nitrogen and oxygen atoms in total. The second kappa shape index (κ2) is 6.27. The van der Waals surface area contributed by atoms with Crippen LogP contribution in [0.25, 0.3) is 0 Å². The number of nitrogen functional groups attached to an aromatic ring is 1. The molecule has 1 fully saturated rings. The minimum atomic E-state index is -0.277. The van der Waals surface area contributed by atoms with Crippen LogP contribution in [0.3, 0.4) is 0 Å². The standard InChI is InChI=1S/C11H19N5O2S/c1-7(2)13-10(17)8-6-18-4-3-16(8)5-9-14-15-11(12)19-9/h7-8H,3-6H2,1-2H3,(H2,12,15)(H,13,17). The first kappa shape index (κ1) is 14.2. The van der Waals surface area contributed by atoms with Gasteiger partial charge in [-0.2, -0.15) is 0 Å². The van der Waals surface area contributed by atoms with Crippen molar-refractivity contribution in [3.05, 3.63) is 5.01 Å². The second-order valence-corrected chi connectivity index (χ2v) is 5.85. The topological polar surface area (TPSA) is 93.4 Å². The predicted molar refractivity (Wildman–Crippen MR) is 72.6 cm³/mol. The number of rotatable bonds is 4. The molecule has 1 atom stereocenters. The lowest BCUT2D eigenvalue weighted by atomic mass is 10.2. The van der Waals surface area contributed by atoms with Gasteiger partial charge in [0.1, 0.15) is 11.0 Å². The van der Waals surface area contributed by atoms with Gasteiger partial charge in [-0.25, -0.2) is 0 Å². The minimum absolute atomic E-state index is 0.00723. The molecule has 1 amide bonds. The Bertz CT molecular complexity index is 436. The fraction of sp³-hybridized carbons (Fsp3) is 0.727. The smallest absolute Gasteiger partial charge is 0.239 e. The van der Waals surface area contributed by atoms with Gasteiger partial charge in [0.2, 0.25) is 11.0 Å². The van der Waals surface area contributed by atoms with Crippen LogP contribution in [-0.2, 0) is 16.1 Å². The van der Waals surface area contributed by atoms with Gasteiger partial charge in [-0.15, -0.1) is 10.2 Å². The summed E-state index contributed by atoms with van der Waals surface area (Å²) in [6, 6.07) is -0.158. The highest BCUT2D eigenvalue weighted by Gasteiger charge is 2.30. The van der Waals surface area contributed by atoms with Crippen molar-refractivity contribution in [2.75, 3.05) is 25.5 Å². The van der Waals surface area contributed by atoms with E-state index in [-0.39, 0.29) is 18.0 Å². The first-order valence-corrected chi connectivity index (χ1v) is 7.08. The fourth-order valence-corrected chi connectivity index (χ4v) is 2.59. The number of nitrogens with one attached hydrogen (secondary N) is 1. The van der Waals surface area contributed by atoms with Crippen molar-refractivity contribution < 1.29 is 9.53 Å². The maximum atomic E-state index is 12.1. The highest BCUT2D eigenvalue weighted by molar-refractivity contribution is 7.15. The number of carbonyl (C=O) groups excluding carboxylic acids is 1. The molecule has 1 aliphatic heterocycles. The molecule has 106 valence electrons. The number of nitrogens with zero attached hydrogens (tertiary/aromatic N) is 3. The molecule has 2 rings (SSSR count). The third-order valence-electron chi connectivity index (χ3n) is 2.79. The normalized spacial score (nSPS) is 20.7. The lowest BCUT2D eigenvalue weighted by Gasteiger charge is -2.34. The van der Waals surface area contributed by atoms with Gasteiger partial charge in [0.05, 0.1) is 19.8 Å². The van der Waals surface area contributed by atoms with Gasteiger partial charge in [-0.1, -0.05) is 11.3 Å². The Morgan fingerprint density at radius 1 is 1.63 bits per heavy atom. The number of aromatic nitrogens is 2. The first-order chi connectivity index (χ1) is 9.06. The molecule has 1 aromatic rings. The highest BCUT2D eigenvalue weighted by Crippen LogP contribution is 2.17. The maximum Gasteiger partial charge on any atom is 0.239 e. The molecule has 0 bridgehead atoms. The SMILES string of the molecule is CC(C)NC(=O)C1COCCN1Cc1nnc(N)s1. The Kier molecular flexibility index (Phi) is 4.67. The molecule has 19 heavy (non-hydrogen) atoms. The number of nitrogens with two attached hydrogens (primary N) is 1. The van der Waals surface area contributed by atoms with Gasteiger partial charge in [0, 0.05) is 12.6 Å². The molecule has 0 aliphatic carbocycles. The molecule has 1 aromatic heterocycles. The van der Waals surface area contributed by atoms with Crippen LogP contribution in [0.4, 0.5) is 5.13 Å². The van der Waals surface area contributed by atoms with E-state index in [0.717, 1.165) is 5.01 Å². The fourth-order valence-electron chi connectivity index (χ4n) is 1.95. The summed E-state index contributed by atoms with van der Waals surface area (Å²) in [5, 5.41) is 12.0. The van der Waals surface area contributed by atoms with Crippen molar-refractivity contribution in [3.63, 3.8) is 0 Å². The van der Waals surface area contributed by atoms with E-state index in [9.17, 15) is 4.79 Å². The summed E-state index contributed by atoms with van der Waals surface area (Å²) in [5.74, 6) is -0.00723. The van der Waals surface area contributed by atoms with E-state index in [4.69, 9.17) is 10.5 Å².